The third-order valence-electron chi connectivity index (χ3n) is 4.15. The Morgan fingerprint density at radius 3 is 2.50 bits per heavy atom. The zero-order valence-electron chi connectivity index (χ0n) is 12.6. The molecule has 2 atom stereocenters. The van der Waals surface area contributed by atoms with Gasteiger partial charge in [-0.25, -0.2) is 0 Å². The molecule has 0 radical (unpaired) electrons. The van der Waals surface area contributed by atoms with E-state index in [-0.39, 0.29) is 17.7 Å². The number of benzene rings is 2. The molecule has 2 aromatic rings. The molecule has 0 spiro atoms. The molecule has 2 unspecified atom stereocenters. The first-order chi connectivity index (χ1) is 11.3. The molecular weight excluding hydrogens is 339 g/mol. The second-order valence-electron chi connectivity index (χ2n) is 5.92. The third-order valence-corrected chi connectivity index (χ3v) is 4.38. The summed E-state index contributed by atoms with van der Waals surface area (Å²) < 4.78 is 37.7. The highest BCUT2D eigenvalue weighted by Gasteiger charge is 2.44. The summed E-state index contributed by atoms with van der Waals surface area (Å²) in [6.07, 6.45) is -3.68. The molecule has 1 aliphatic carbocycles. The van der Waals surface area contributed by atoms with E-state index in [0.29, 0.717) is 18.0 Å². The quantitative estimate of drug-likeness (QED) is 0.842. The number of hydrogen-bond donors (Lipinski definition) is 1. The lowest BCUT2D eigenvalue weighted by atomic mass is 10.1. The number of nitrogens with one attached hydrogen (secondary N) is 1. The maximum absolute atomic E-state index is 12.6. The number of halogens is 4. The Hall–Kier alpha value is -2.01. The van der Waals surface area contributed by atoms with Crippen LogP contribution in [0.25, 0.3) is 0 Å². The van der Waals surface area contributed by atoms with Gasteiger partial charge in [-0.15, -0.1) is 0 Å². The minimum Gasteiger partial charge on any atom is -0.352 e. The van der Waals surface area contributed by atoms with Crippen LogP contribution in [0.1, 0.15) is 29.0 Å². The molecule has 0 heterocycles. The van der Waals surface area contributed by atoms with Crippen molar-refractivity contribution in [3.05, 3.63) is 70.2 Å². The van der Waals surface area contributed by atoms with E-state index in [1.54, 1.807) is 12.1 Å². The van der Waals surface area contributed by atoms with Crippen molar-refractivity contribution in [3.63, 3.8) is 0 Å². The Morgan fingerprint density at radius 2 is 1.88 bits per heavy atom. The van der Waals surface area contributed by atoms with Crippen molar-refractivity contribution in [1.29, 1.82) is 0 Å². The van der Waals surface area contributed by atoms with Crippen LogP contribution < -0.4 is 5.32 Å². The largest absolute Gasteiger partial charge is 0.416 e. The summed E-state index contributed by atoms with van der Waals surface area (Å²) in [5.41, 5.74) is 1.00. The van der Waals surface area contributed by atoms with E-state index >= 15 is 0 Å². The minimum atomic E-state index is -4.34. The van der Waals surface area contributed by atoms with E-state index in [2.05, 4.69) is 5.32 Å². The van der Waals surface area contributed by atoms with Crippen LogP contribution in [0.15, 0.2) is 48.5 Å². The minimum absolute atomic E-state index is 0.00774. The fourth-order valence-electron chi connectivity index (χ4n) is 2.74. The van der Waals surface area contributed by atoms with Crippen LogP contribution >= 0.6 is 11.6 Å². The van der Waals surface area contributed by atoms with Gasteiger partial charge in [0.1, 0.15) is 0 Å². The Labute approximate surface area is 142 Å². The lowest BCUT2D eigenvalue weighted by Crippen LogP contribution is -2.24. The van der Waals surface area contributed by atoms with Gasteiger partial charge in [-0.1, -0.05) is 35.9 Å². The molecule has 2 nitrogen and oxygen atoms in total. The highest BCUT2D eigenvalue weighted by Crippen LogP contribution is 2.48. The number of rotatable bonds is 4. The zero-order valence-corrected chi connectivity index (χ0v) is 13.4. The average Bonchev–Trinajstić information content (AvgIpc) is 3.33. The van der Waals surface area contributed by atoms with Crippen molar-refractivity contribution >= 4 is 17.5 Å². The van der Waals surface area contributed by atoms with Crippen LogP contribution in [-0.4, -0.2) is 5.91 Å². The zero-order chi connectivity index (χ0) is 17.3. The second kappa shape index (κ2) is 6.48. The summed E-state index contributed by atoms with van der Waals surface area (Å²) in [4.78, 5) is 12.1. The Bertz CT molecular complexity index is 743. The topological polar surface area (TPSA) is 29.1 Å². The molecule has 2 aromatic carbocycles. The molecule has 1 N–H and O–H groups in total. The third kappa shape index (κ3) is 3.90. The molecule has 0 bridgehead atoms. The van der Waals surface area contributed by atoms with Gasteiger partial charge in [-0.05, 0) is 47.7 Å². The maximum atomic E-state index is 12.6. The summed E-state index contributed by atoms with van der Waals surface area (Å²) in [7, 11) is 0. The van der Waals surface area contributed by atoms with Gasteiger partial charge in [0, 0.05) is 17.5 Å². The van der Waals surface area contributed by atoms with Gasteiger partial charge in [-0.2, -0.15) is 13.2 Å². The van der Waals surface area contributed by atoms with Crippen molar-refractivity contribution in [3.8, 4) is 0 Å². The van der Waals surface area contributed by atoms with E-state index in [1.165, 1.54) is 12.1 Å². The van der Waals surface area contributed by atoms with Crippen LogP contribution in [-0.2, 0) is 17.5 Å². The highest BCUT2D eigenvalue weighted by molar-refractivity contribution is 6.30. The number of amides is 1. The van der Waals surface area contributed by atoms with Crippen molar-refractivity contribution < 1.29 is 18.0 Å². The van der Waals surface area contributed by atoms with E-state index in [0.717, 1.165) is 23.3 Å². The molecule has 0 saturated heterocycles. The molecule has 1 saturated carbocycles. The Kier molecular flexibility index (Phi) is 4.54. The van der Waals surface area contributed by atoms with E-state index in [9.17, 15) is 18.0 Å². The summed E-state index contributed by atoms with van der Waals surface area (Å²) in [6.45, 7) is 0.385. The second-order valence-corrected chi connectivity index (χ2v) is 6.35. The first-order valence-electron chi connectivity index (χ1n) is 7.54. The Balaban J connectivity index is 1.55. The molecule has 1 fully saturated rings. The van der Waals surface area contributed by atoms with Gasteiger partial charge in [0.15, 0.2) is 0 Å². The van der Waals surface area contributed by atoms with Crippen molar-refractivity contribution in [2.45, 2.75) is 25.1 Å². The van der Waals surface area contributed by atoms with Crippen LogP contribution in [0.3, 0.4) is 0 Å². The van der Waals surface area contributed by atoms with Crippen molar-refractivity contribution in [2.24, 2.45) is 5.92 Å². The first kappa shape index (κ1) is 16.8. The number of carbonyl (C=O) groups excluding carboxylic acids is 1. The van der Waals surface area contributed by atoms with Gasteiger partial charge in [0.2, 0.25) is 5.91 Å². The van der Waals surface area contributed by atoms with Crippen LogP contribution in [0.5, 0.6) is 0 Å². The molecule has 0 aliphatic heterocycles. The highest BCUT2D eigenvalue weighted by atomic mass is 35.5. The predicted molar refractivity (Wildman–Crippen MR) is 85.6 cm³/mol. The van der Waals surface area contributed by atoms with Crippen LogP contribution in [0.4, 0.5) is 13.2 Å². The number of carbonyl (C=O) groups is 1. The predicted octanol–water partition coefficient (Wildman–Crippen LogP) is 4.78. The molecule has 6 heteroatoms. The summed E-state index contributed by atoms with van der Waals surface area (Å²) in [5, 5.41) is 3.45. The van der Waals surface area contributed by atoms with Crippen molar-refractivity contribution in [1.82, 2.24) is 5.32 Å². The fourth-order valence-corrected chi connectivity index (χ4v) is 2.95. The van der Waals surface area contributed by atoms with E-state index < -0.39 is 11.7 Å². The molecule has 24 heavy (non-hydrogen) atoms. The van der Waals surface area contributed by atoms with Crippen molar-refractivity contribution in [2.75, 3.05) is 0 Å². The molecule has 1 aliphatic rings. The van der Waals surface area contributed by atoms with Gasteiger partial charge in [0.25, 0.3) is 0 Å². The van der Waals surface area contributed by atoms with Gasteiger partial charge in [0.05, 0.1) is 5.56 Å². The fraction of sp³-hybridized carbons (Fsp3) is 0.278. The van der Waals surface area contributed by atoms with Gasteiger partial charge in [-0.3, -0.25) is 4.79 Å². The molecule has 3 rings (SSSR count). The first-order valence-corrected chi connectivity index (χ1v) is 7.92. The number of alkyl halides is 3. The molecule has 0 aromatic heterocycles. The van der Waals surface area contributed by atoms with Gasteiger partial charge < -0.3 is 5.32 Å². The number of hydrogen-bond acceptors (Lipinski definition) is 1. The standard InChI is InChI=1S/C18H15ClF3NO/c19-14-3-1-2-11(8-14)10-23-17(24)16-9-15(16)12-4-6-13(7-5-12)18(20,21)22/h1-8,15-16H,9-10H2,(H,23,24). The summed E-state index contributed by atoms with van der Waals surface area (Å²) in [6, 6.07) is 12.3. The summed E-state index contributed by atoms with van der Waals surface area (Å²) in [5.74, 6) is -0.271. The molecular formula is C18H15ClF3NO. The van der Waals surface area contributed by atoms with E-state index in [1.807, 2.05) is 12.1 Å². The lowest BCUT2D eigenvalue weighted by molar-refractivity contribution is -0.137. The average molecular weight is 354 g/mol. The smallest absolute Gasteiger partial charge is 0.352 e. The van der Waals surface area contributed by atoms with Crippen LogP contribution in [0, 0.1) is 5.92 Å². The Morgan fingerprint density at radius 1 is 1.17 bits per heavy atom. The maximum Gasteiger partial charge on any atom is 0.416 e. The SMILES string of the molecule is O=C(NCc1cccc(Cl)c1)C1CC1c1ccc(C(F)(F)F)cc1. The lowest BCUT2D eigenvalue weighted by Gasteiger charge is -2.08. The van der Waals surface area contributed by atoms with E-state index in [4.69, 9.17) is 11.6 Å². The molecule has 126 valence electrons. The monoisotopic (exact) mass is 353 g/mol. The van der Waals surface area contributed by atoms with Gasteiger partial charge >= 0.3 is 6.18 Å². The normalized spacial score (nSPS) is 19.8. The molecule has 1 amide bonds. The van der Waals surface area contributed by atoms with Crippen LogP contribution in [0.2, 0.25) is 5.02 Å². The summed E-state index contributed by atoms with van der Waals surface area (Å²) >= 11 is 5.89.